The highest BCUT2D eigenvalue weighted by atomic mass is 16.1. The lowest BCUT2D eigenvalue weighted by molar-refractivity contribution is -0.115. The molecule has 0 unspecified atom stereocenters. The molecule has 0 saturated carbocycles. The molecule has 0 radical (unpaired) electrons. The first-order valence-corrected chi connectivity index (χ1v) is 6.39. The Labute approximate surface area is 114 Å². The SMILES string of the molecule is CCCN=C(N)NC(=O)/C=C/c1c(C)cccc1C. The van der Waals surface area contributed by atoms with Crippen molar-refractivity contribution in [3.05, 3.63) is 41.0 Å². The number of carbonyl (C=O) groups is 1. The first kappa shape index (κ1) is 15.0. The number of nitrogens with two attached hydrogens (primary N) is 1. The van der Waals surface area contributed by atoms with Gasteiger partial charge in [0.2, 0.25) is 0 Å². The van der Waals surface area contributed by atoms with Crippen LogP contribution in [-0.4, -0.2) is 18.4 Å². The monoisotopic (exact) mass is 259 g/mol. The van der Waals surface area contributed by atoms with Crippen LogP contribution in [0.1, 0.15) is 30.0 Å². The van der Waals surface area contributed by atoms with Crippen molar-refractivity contribution in [3.8, 4) is 0 Å². The van der Waals surface area contributed by atoms with Crippen molar-refractivity contribution in [2.75, 3.05) is 6.54 Å². The summed E-state index contributed by atoms with van der Waals surface area (Å²) in [6.07, 6.45) is 4.17. The summed E-state index contributed by atoms with van der Waals surface area (Å²) in [6.45, 7) is 6.65. The van der Waals surface area contributed by atoms with Crippen LogP contribution in [0, 0.1) is 13.8 Å². The third-order valence-electron chi connectivity index (χ3n) is 2.70. The summed E-state index contributed by atoms with van der Waals surface area (Å²) in [5, 5.41) is 2.53. The van der Waals surface area contributed by atoms with Crippen LogP contribution in [0.25, 0.3) is 6.08 Å². The van der Waals surface area contributed by atoms with E-state index >= 15 is 0 Å². The molecule has 0 aliphatic carbocycles. The van der Waals surface area contributed by atoms with E-state index in [9.17, 15) is 4.79 Å². The van der Waals surface area contributed by atoms with E-state index in [0.717, 1.165) is 23.1 Å². The highest BCUT2D eigenvalue weighted by Crippen LogP contribution is 2.14. The van der Waals surface area contributed by atoms with Crippen LogP contribution in [0.5, 0.6) is 0 Å². The Bertz CT molecular complexity index is 484. The Hall–Kier alpha value is -2.10. The van der Waals surface area contributed by atoms with Crippen LogP contribution in [0.3, 0.4) is 0 Å². The molecule has 0 aliphatic heterocycles. The van der Waals surface area contributed by atoms with Gasteiger partial charge < -0.3 is 5.73 Å². The molecule has 3 N–H and O–H groups in total. The van der Waals surface area contributed by atoms with Gasteiger partial charge in [-0.05, 0) is 43.0 Å². The topological polar surface area (TPSA) is 67.5 Å². The maximum Gasteiger partial charge on any atom is 0.250 e. The molecule has 0 spiro atoms. The van der Waals surface area contributed by atoms with Crippen LogP contribution < -0.4 is 11.1 Å². The molecule has 1 aromatic rings. The number of aryl methyl sites for hydroxylation is 2. The van der Waals surface area contributed by atoms with Crippen molar-refractivity contribution >= 4 is 17.9 Å². The molecule has 0 heterocycles. The summed E-state index contributed by atoms with van der Waals surface area (Å²) >= 11 is 0. The third-order valence-corrected chi connectivity index (χ3v) is 2.70. The van der Waals surface area contributed by atoms with Crippen LogP contribution in [-0.2, 0) is 4.79 Å². The molecular formula is C15H21N3O. The zero-order chi connectivity index (χ0) is 14.3. The van der Waals surface area contributed by atoms with Crippen molar-refractivity contribution in [3.63, 3.8) is 0 Å². The largest absolute Gasteiger partial charge is 0.370 e. The normalized spacial score (nSPS) is 11.8. The second kappa shape index (κ2) is 7.36. The van der Waals surface area contributed by atoms with Crippen LogP contribution in [0.4, 0.5) is 0 Å². The van der Waals surface area contributed by atoms with Crippen molar-refractivity contribution < 1.29 is 4.79 Å². The van der Waals surface area contributed by atoms with Crippen LogP contribution in [0.15, 0.2) is 29.3 Å². The van der Waals surface area contributed by atoms with Gasteiger partial charge in [0.1, 0.15) is 0 Å². The highest BCUT2D eigenvalue weighted by molar-refractivity contribution is 6.03. The summed E-state index contributed by atoms with van der Waals surface area (Å²) in [5.74, 6) is -0.0991. The van der Waals surface area contributed by atoms with Gasteiger partial charge in [0.15, 0.2) is 5.96 Å². The molecule has 0 fully saturated rings. The van der Waals surface area contributed by atoms with E-state index in [1.165, 1.54) is 6.08 Å². The lowest BCUT2D eigenvalue weighted by atomic mass is 10.0. The molecule has 0 atom stereocenters. The molecule has 1 aromatic carbocycles. The molecule has 19 heavy (non-hydrogen) atoms. The first-order valence-electron chi connectivity index (χ1n) is 6.39. The van der Waals surface area contributed by atoms with Gasteiger partial charge in [-0.3, -0.25) is 15.1 Å². The van der Waals surface area contributed by atoms with Crippen molar-refractivity contribution in [1.29, 1.82) is 0 Å². The van der Waals surface area contributed by atoms with Crippen LogP contribution >= 0.6 is 0 Å². The van der Waals surface area contributed by atoms with Crippen LogP contribution in [0.2, 0.25) is 0 Å². The number of amides is 1. The van der Waals surface area contributed by atoms with Gasteiger partial charge in [-0.25, -0.2) is 0 Å². The second-order valence-electron chi connectivity index (χ2n) is 4.40. The van der Waals surface area contributed by atoms with Crippen molar-refractivity contribution in [2.24, 2.45) is 10.7 Å². The summed E-state index contributed by atoms with van der Waals surface area (Å²) < 4.78 is 0. The molecule has 0 saturated heterocycles. The predicted molar refractivity (Wildman–Crippen MR) is 79.9 cm³/mol. The Morgan fingerprint density at radius 1 is 1.37 bits per heavy atom. The van der Waals surface area contributed by atoms with Gasteiger partial charge in [-0.2, -0.15) is 0 Å². The third kappa shape index (κ3) is 4.95. The molecule has 4 nitrogen and oxygen atoms in total. The van der Waals surface area contributed by atoms with Gasteiger partial charge in [0, 0.05) is 12.6 Å². The Morgan fingerprint density at radius 3 is 2.58 bits per heavy atom. The molecule has 102 valence electrons. The fourth-order valence-corrected chi connectivity index (χ4v) is 1.69. The molecule has 0 aromatic heterocycles. The first-order chi connectivity index (χ1) is 9.04. The number of carbonyl (C=O) groups excluding carboxylic acids is 1. The number of hydrogen-bond donors (Lipinski definition) is 2. The quantitative estimate of drug-likeness (QED) is 0.494. The second-order valence-corrected chi connectivity index (χ2v) is 4.40. The zero-order valence-electron chi connectivity index (χ0n) is 11.7. The Kier molecular flexibility index (Phi) is 5.79. The zero-order valence-corrected chi connectivity index (χ0v) is 11.7. The lowest BCUT2D eigenvalue weighted by Crippen LogP contribution is -2.35. The Morgan fingerprint density at radius 2 is 2.00 bits per heavy atom. The molecule has 0 aliphatic rings. The van der Waals surface area contributed by atoms with Gasteiger partial charge in [0.25, 0.3) is 5.91 Å². The van der Waals surface area contributed by atoms with E-state index in [2.05, 4.69) is 10.3 Å². The standard InChI is InChI=1S/C15H21N3O/c1-4-10-17-15(16)18-14(19)9-8-13-11(2)6-5-7-12(13)3/h5-9H,4,10H2,1-3H3,(H3,16,17,18,19)/b9-8+. The van der Waals surface area contributed by atoms with E-state index in [1.807, 2.05) is 39.0 Å². The number of aliphatic imine (C=N–C) groups is 1. The number of hydrogen-bond acceptors (Lipinski definition) is 2. The van der Waals surface area contributed by atoms with Gasteiger partial charge >= 0.3 is 0 Å². The maximum atomic E-state index is 11.7. The summed E-state index contributed by atoms with van der Waals surface area (Å²) in [6, 6.07) is 6.03. The fourth-order valence-electron chi connectivity index (χ4n) is 1.69. The summed E-state index contributed by atoms with van der Waals surface area (Å²) in [5.41, 5.74) is 8.90. The maximum absolute atomic E-state index is 11.7. The van der Waals surface area contributed by atoms with Crippen molar-refractivity contribution in [1.82, 2.24) is 5.32 Å². The highest BCUT2D eigenvalue weighted by Gasteiger charge is 2.00. The smallest absolute Gasteiger partial charge is 0.250 e. The molecular weight excluding hydrogens is 238 g/mol. The Balaban J connectivity index is 2.69. The lowest BCUT2D eigenvalue weighted by Gasteiger charge is -2.04. The summed E-state index contributed by atoms with van der Waals surface area (Å²) in [4.78, 5) is 15.7. The number of guanidine groups is 1. The fraction of sp³-hybridized carbons (Fsp3) is 0.333. The average molecular weight is 259 g/mol. The van der Waals surface area contributed by atoms with Gasteiger partial charge in [-0.15, -0.1) is 0 Å². The molecule has 1 amide bonds. The minimum atomic E-state index is -0.264. The van der Waals surface area contributed by atoms with Gasteiger partial charge in [0.05, 0.1) is 0 Å². The van der Waals surface area contributed by atoms with E-state index < -0.39 is 0 Å². The van der Waals surface area contributed by atoms with E-state index in [4.69, 9.17) is 5.73 Å². The van der Waals surface area contributed by atoms with Crippen molar-refractivity contribution in [2.45, 2.75) is 27.2 Å². The minimum absolute atomic E-state index is 0.165. The summed E-state index contributed by atoms with van der Waals surface area (Å²) in [7, 11) is 0. The average Bonchev–Trinajstić information content (AvgIpc) is 2.35. The molecule has 0 bridgehead atoms. The van der Waals surface area contributed by atoms with E-state index in [0.29, 0.717) is 6.54 Å². The molecule has 4 heteroatoms. The number of nitrogens with one attached hydrogen (secondary N) is 1. The predicted octanol–water partition coefficient (Wildman–Crippen LogP) is 2.16. The number of rotatable bonds is 4. The minimum Gasteiger partial charge on any atom is -0.370 e. The van der Waals surface area contributed by atoms with E-state index in [1.54, 1.807) is 6.08 Å². The van der Waals surface area contributed by atoms with E-state index in [-0.39, 0.29) is 11.9 Å². The molecule has 1 rings (SSSR count). The number of benzene rings is 1. The number of nitrogens with zero attached hydrogens (tertiary/aromatic N) is 1. The van der Waals surface area contributed by atoms with Gasteiger partial charge in [-0.1, -0.05) is 25.1 Å².